The predicted molar refractivity (Wildman–Crippen MR) is 92.4 cm³/mol. The van der Waals surface area contributed by atoms with Crippen LogP contribution in [-0.4, -0.2) is 18.3 Å². The van der Waals surface area contributed by atoms with E-state index in [1.807, 2.05) is 12.1 Å². The first-order chi connectivity index (χ1) is 10.2. The van der Waals surface area contributed by atoms with Crippen molar-refractivity contribution in [2.45, 2.75) is 24.3 Å². The van der Waals surface area contributed by atoms with E-state index in [9.17, 15) is 4.39 Å². The Kier molecular flexibility index (Phi) is 6.74. The minimum Gasteiger partial charge on any atom is -0.313 e. The van der Waals surface area contributed by atoms with Crippen molar-refractivity contribution in [2.75, 3.05) is 12.3 Å². The monoisotopic (exact) mass is 367 g/mol. The summed E-state index contributed by atoms with van der Waals surface area (Å²) < 4.78 is 14.3. The van der Waals surface area contributed by atoms with E-state index >= 15 is 0 Å². The maximum absolute atomic E-state index is 13.2. The maximum atomic E-state index is 13.2. The Labute approximate surface area is 138 Å². The van der Waals surface area contributed by atoms with E-state index in [-0.39, 0.29) is 5.82 Å². The Hall–Kier alpha value is -0.840. The molecule has 1 unspecified atom stereocenters. The van der Waals surface area contributed by atoms with Gasteiger partial charge in [0.1, 0.15) is 5.82 Å². The molecule has 21 heavy (non-hydrogen) atoms. The van der Waals surface area contributed by atoms with Crippen LogP contribution in [0.15, 0.2) is 57.9 Å². The van der Waals surface area contributed by atoms with Crippen LogP contribution in [0.3, 0.4) is 0 Å². The summed E-state index contributed by atoms with van der Waals surface area (Å²) in [6, 6.07) is 15.5. The Morgan fingerprint density at radius 2 is 2.00 bits per heavy atom. The second-order valence-electron chi connectivity index (χ2n) is 4.86. The number of likely N-dealkylation sites (N-methyl/N-ethyl adjacent to an activating group) is 1. The van der Waals surface area contributed by atoms with Gasteiger partial charge in [-0.05, 0) is 48.9 Å². The van der Waals surface area contributed by atoms with Crippen LogP contribution in [-0.2, 0) is 6.42 Å². The molecule has 0 bridgehead atoms. The number of benzene rings is 2. The molecule has 1 atom stereocenters. The highest BCUT2D eigenvalue weighted by Crippen LogP contribution is 2.21. The fraction of sp³-hybridized carbons (Fsp3) is 0.294. The van der Waals surface area contributed by atoms with Crippen LogP contribution < -0.4 is 5.32 Å². The lowest BCUT2D eigenvalue weighted by atomic mass is 10.1. The zero-order valence-corrected chi connectivity index (χ0v) is 14.4. The van der Waals surface area contributed by atoms with E-state index in [4.69, 9.17) is 0 Å². The topological polar surface area (TPSA) is 12.0 Å². The molecule has 0 aromatic heterocycles. The highest BCUT2D eigenvalue weighted by molar-refractivity contribution is 9.10. The van der Waals surface area contributed by atoms with Gasteiger partial charge < -0.3 is 5.32 Å². The third-order valence-corrected chi connectivity index (χ3v) is 4.76. The molecule has 0 saturated heterocycles. The van der Waals surface area contributed by atoms with Crippen LogP contribution in [0.4, 0.5) is 4.39 Å². The lowest BCUT2D eigenvalue weighted by Crippen LogP contribution is -2.33. The van der Waals surface area contributed by atoms with Crippen molar-refractivity contribution in [3.8, 4) is 0 Å². The van der Waals surface area contributed by atoms with E-state index < -0.39 is 0 Å². The zero-order valence-electron chi connectivity index (χ0n) is 12.0. The van der Waals surface area contributed by atoms with Crippen LogP contribution in [0.25, 0.3) is 0 Å². The maximum Gasteiger partial charge on any atom is 0.124 e. The van der Waals surface area contributed by atoms with Crippen molar-refractivity contribution in [1.29, 1.82) is 0 Å². The molecule has 1 N–H and O–H groups in total. The Bertz CT molecular complexity index is 576. The molecule has 2 aromatic rings. The lowest BCUT2D eigenvalue weighted by molar-refractivity contribution is 0.572. The summed E-state index contributed by atoms with van der Waals surface area (Å²) in [5.74, 6) is 0.746. The number of halogens is 2. The minimum absolute atomic E-state index is 0.174. The largest absolute Gasteiger partial charge is 0.313 e. The first-order valence-corrected chi connectivity index (χ1v) is 8.81. The molecule has 0 radical (unpaired) electrons. The van der Waals surface area contributed by atoms with Crippen LogP contribution in [0, 0.1) is 5.82 Å². The van der Waals surface area contributed by atoms with Gasteiger partial charge in [-0.15, -0.1) is 11.8 Å². The highest BCUT2D eigenvalue weighted by atomic mass is 79.9. The van der Waals surface area contributed by atoms with Gasteiger partial charge in [0.25, 0.3) is 0 Å². The molecular weight excluding hydrogens is 349 g/mol. The van der Waals surface area contributed by atoms with Gasteiger partial charge in [-0.2, -0.15) is 0 Å². The number of hydrogen-bond acceptors (Lipinski definition) is 2. The predicted octanol–water partition coefficient (Wildman–Crippen LogP) is 4.90. The number of thioether (sulfide) groups is 1. The van der Waals surface area contributed by atoms with E-state index in [1.165, 1.54) is 11.6 Å². The smallest absolute Gasteiger partial charge is 0.124 e. The second-order valence-corrected chi connectivity index (χ2v) is 6.87. The summed E-state index contributed by atoms with van der Waals surface area (Å²) in [5.41, 5.74) is 1.30. The van der Waals surface area contributed by atoms with Crippen LogP contribution in [0.1, 0.15) is 12.5 Å². The number of rotatable bonds is 7. The van der Waals surface area contributed by atoms with Crippen molar-refractivity contribution in [3.05, 3.63) is 64.4 Å². The normalized spacial score (nSPS) is 12.3. The Morgan fingerprint density at radius 1 is 1.19 bits per heavy atom. The van der Waals surface area contributed by atoms with E-state index in [1.54, 1.807) is 23.9 Å². The van der Waals surface area contributed by atoms with Gasteiger partial charge in [0.05, 0.1) is 0 Å². The molecule has 1 nitrogen and oxygen atoms in total. The zero-order chi connectivity index (χ0) is 15.1. The molecule has 0 aliphatic carbocycles. The quantitative estimate of drug-likeness (QED) is 0.698. The van der Waals surface area contributed by atoms with Crippen LogP contribution in [0.5, 0.6) is 0 Å². The summed E-state index contributed by atoms with van der Waals surface area (Å²) in [5, 5.41) is 3.51. The summed E-state index contributed by atoms with van der Waals surface area (Å²) in [7, 11) is 0. The molecule has 0 aliphatic rings. The number of nitrogens with one attached hydrogen (secondary N) is 1. The Morgan fingerprint density at radius 3 is 2.71 bits per heavy atom. The highest BCUT2D eigenvalue weighted by Gasteiger charge is 2.10. The molecule has 0 aliphatic heterocycles. The molecule has 2 aromatic carbocycles. The van der Waals surface area contributed by atoms with Gasteiger partial charge in [-0.1, -0.05) is 41.1 Å². The van der Waals surface area contributed by atoms with E-state index in [2.05, 4.69) is 46.4 Å². The SMILES string of the molecule is CCNC(CSc1cccc(F)c1)Cc1cccc(Br)c1. The number of hydrogen-bond donors (Lipinski definition) is 1. The third kappa shape index (κ3) is 5.81. The molecule has 4 heteroatoms. The first kappa shape index (κ1) is 16.5. The molecule has 0 saturated carbocycles. The molecular formula is C17H19BrFNS. The molecule has 2 rings (SSSR count). The summed E-state index contributed by atoms with van der Waals surface area (Å²) >= 11 is 5.20. The Balaban J connectivity index is 1.95. The van der Waals surface area contributed by atoms with Gasteiger partial charge in [0.15, 0.2) is 0 Å². The van der Waals surface area contributed by atoms with E-state index in [0.717, 1.165) is 28.1 Å². The van der Waals surface area contributed by atoms with Crippen molar-refractivity contribution in [2.24, 2.45) is 0 Å². The van der Waals surface area contributed by atoms with Crippen LogP contribution in [0.2, 0.25) is 0 Å². The molecule has 0 spiro atoms. The summed E-state index contributed by atoms with van der Waals surface area (Å²) in [4.78, 5) is 0.979. The van der Waals surface area contributed by atoms with Crippen molar-refractivity contribution < 1.29 is 4.39 Å². The van der Waals surface area contributed by atoms with Gasteiger partial charge in [-0.25, -0.2) is 4.39 Å². The average Bonchev–Trinajstić information content (AvgIpc) is 2.45. The third-order valence-electron chi connectivity index (χ3n) is 3.11. The van der Waals surface area contributed by atoms with Gasteiger partial charge in [-0.3, -0.25) is 0 Å². The van der Waals surface area contributed by atoms with Crippen molar-refractivity contribution in [1.82, 2.24) is 5.32 Å². The van der Waals surface area contributed by atoms with Crippen molar-refractivity contribution in [3.63, 3.8) is 0 Å². The van der Waals surface area contributed by atoms with Crippen molar-refractivity contribution >= 4 is 27.7 Å². The fourth-order valence-corrected chi connectivity index (χ4v) is 3.63. The van der Waals surface area contributed by atoms with Crippen LogP contribution >= 0.6 is 27.7 Å². The average molecular weight is 368 g/mol. The molecule has 0 heterocycles. The fourth-order valence-electron chi connectivity index (χ4n) is 2.18. The van der Waals surface area contributed by atoms with Gasteiger partial charge in [0.2, 0.25) is 0 Å². The summed E-state index contributed by atoms with van der Waals surface area (Å²) in [6.45, 7) is 3.04. The van der Waals surface area contributed by atoms with Gasteiger partial charge >= 0.3 is 0 Å². The van der Waals surface area contributed by atoms with Gasteiger partial charge in [0, 0.05) is 21.2 Å². The standard InChI is InChI=1S/C17H19BrFNS/c1-2-20-16(10-13-5-3-6-14(18)9-13)12-21-17-8-4-7-15(19)11-17/h3-9,11,16,20H,2,10,12H2,1H3. The first-order valence-electron chi connectivity index (χ1n) is 7.03. The molecule has 112 valence electrons. The van der Waals surface area contributed by atoms with E-state index in [0.29, 0.717) is 6.04 Å². The minimum atomic E-state index is -0.174. The summed E-state index contributed by atoms with van der Waals surface area (Å²) in [6.07, 6.45) is 0.968. The molecule has 0 amide bonds. The second kappa shape index (κ2) is 8.57. The molecule has 0 fully saturated rings. The lowest BCUT2D eigenvalue weighted by Gasteiger charge is -2.18.